The van der Waals surface area contributed by atoms with E-state index in [-0.39, 0.29) is 0 Å². The average Bonchev–Trinajstić information content (AvgIpc) is 3.84. The summed E-state index contributed by atoms with van der Waals surface area (Å²) in [6.07, 6.45) is 0. The van der Waals surface area contributed by atoms with Gasteiger partial charge in [-0.1, -0.05) is 91.0 Å². The third-order valence-electron chi connectivity index (χ3n) is 10.1. The summed E-state index contributed by atoms with van der Waals surface area (Å²) in [4.78, 5) is 2.51. The maximum Gasteiger partial charge on any atom is 0.0562 e. The van der Waals surface area contributed by atoms with Crippen LogP contribution in [0, 0.1) is 0 Å². The van der Waals surface area contributed by atoms with Crippen LogP contribution in [0.1, 0.15) is 0 Å². The number of hydrogen-bond donors (Lipinski definition) is 0. The van der Waals surface area contributed by atoms with Gasteiger partial charge in [-0.15, -0.1) is 22.7 Å². The zero-order valence-corrected chi connectivity index (χ0v) is 28.5. The summed E-state index contributed by atoms with van der Waals surface area (Å²) in [7, 11) is 0. The summed E-state index contributed by atoms with van der Waals surface area (Å²) in [6, 6.07) is 62.5. The topological polar surface area (TPSA) is 8.17 Å². The number of thiophene rings is 2. The summed E-state index contributed by atoms with van der Waals surface area (Å²) in [5, 5.41) is 10.2. The summed E-state index contributed by atoms with van der Waals surface area (Å²) in [5.41, 5.74) is 7.04. The van der Waals surface area contributed by atoms with Gasteiger partial charge in [-0.3, -0.25) is 0 Å². The maximum absolute atomic E-state index is 2.51. The smallest absolute Gasteiger partial charge is 0.0562 e. The predicted octanol–water partition coefficient (Wildman–Crippen LogP) is 14.1. The fraction of sp³-hybridized carbons (Fsp3) is 0. The standard InChI is InChI=1S/C46H28N2S2/c1-2-12-31(13-3-1)47-37-17-7-4-15-34(37)45-38(47)18-10-19-39(45)48(40-20-11-23-43-46(40)35-16-6-9-22-42(35)49-43)32-25-24-29-27-36-33-14-5-8-21-41(33)50-44(36)28-30(29)26-32/h1-28H. The molecule has 3 heterocycles. The summed E-state index contributed by atoms with van der Waals surface area (Å²) < 4.78 is 7.66. The van der Waals surface area contributed by atoms with E-state index in [4.69, 9.17) is 0 Å². The Kier molecular flexibility index (Phi) is 6.03. The number of rotatable bonds is 4. The Morgan fingerprint density at radius 3 is 1.88 bits per heavy atom. The highest BCUT2D eigenvalue weighted by molar-refractivity contribution is 7.26. The molecule has 0 saturated carbocycles. The van der Waals surface area contributed by atoms with Crippen LogP contribution in [-0.4, -0.2) is 4.57 Å². The molecule has 0 aliphatic heterocycles. The largest absolute Gasteiger partial charge is 0.309 e. The van der Waals surface area contributed by atoms with Crippen molar-refractivity contribution in [1.82, 2.24) is 4.57 Å². The van der Waals surface area contributed by atoms with E-state index >= 15 is 0 Å². The lowest BCUT2D eigenvalue weighted by atomic mass is 10.0. The second-order valence-corrected chi connectivity index (χ2v) is 15.1. The zero-order valence-electron chi connectivity index (χ0n) is 26.9. The van der Waals surface area contributed by atoms with Gasteiger partial charge in [0, 0.05) is 62.5 Å². The van der Waals surface area contributed by atoms with E-state index in [2.05, 4.69) is 179 Å². The highest BCUT2D eigenvalue weighted by Crippen LogP contribution is 2.49. The summed E-state index contributed by atoms with van der Waals surface area (Å²) in [5.74, 6) is 0. The first-order valence-corrected chi connectivity index (χ1v) is 18.6. The van der Waals surface area contributed by atoms with Crippen molar-refractivity contribution >= 4 is 113 Å². The monoisotopic (exact) mass is 672 g/mol. The number of fused-ring (bicyclic) bond motifs is 10. The van der Waals surface area contributed by atoms with Gasteiger partial charge in [0.15, 0.2) is 0 Å². The minimum atomic E-state index is 1.14. The lowest BCUT2D eigenvalue weighted by molar-refractivity contribution is 1.18. The molecule has 0 radical (unpaired) electrons. The zero-order chi connectivity index (χ0) is 32.8. The van der Waals surface area contributed by atoms with Crippen LogP contribution in [0.5, 0.6) is 0 Å². The molecule has 0 amide bonds. The molecule has 50 heavy (non-hydrogen) atoms. The summed E-state index contributed by atoms with van der Waals surface area (Å²) >= 11 is 3.74. The molecule has 0 bridgehead atoms. The van der Waals surface area contributed by atoms with Crippen molar-refractivity contribution in [2.75, 3.05) is 4.90 Å². The van der Waals surface area contributed by atoms with Gasteiger partial charge in [0.1, 0.15) is 0 Å². The van der Waals surface area contributed by atoms with Crippen LogP contribution in [-0.2, 0) is 0 Å². The minimum absolute atomic E-state index is 1.14. The fourth-order valence-electron chi connectivity index (χ4n) is 7.99. The Morgan fingerprint density at radius 1 is 0.380 bits per heavy atom. The van der Waals surface area contributed by atoms with Crippen LogP contribution >= 0.6 is 22.7 Å². The molecule has 11 rings (SSSR count). The minimum Gasteiger partial charge on any atom is -0.309 e. The molecule has 4 heteroatoms. The maximum atomic E-state index is 2.51. The van der Waals surface area contributed by atoms with Crippen molar-refractivity contribution in [2.24, 2.45) is 0 Å². The van der Waals surface area contributed by atoms with Gasteiger partial charge in [0.05, 0.1) is 22.4 Å². The molecule has 0 spiro atoms. The third kappa shape index (κ3) is 4.07. The van der Waals surface area contributed by atoms with Gasteiger partial charge >= 0.3 is 0 Å². The first-order valence-electron chi connectivity index (χ1n) is 16.9. The van der Waals surface area contributed by atoms with E-state index < -0.39 is 0 Å². The Labute approximate surface area is 296 Å². The fourth-order valence-corrected chi connectivity index (χ4v) is 10.3. The first-order chi connectivity index (χ1) is 24.8. The molecule has 0 aliphatic carbocycles. The highest BCUT2D eigenvalue weighted by atomic mass is 32.1. The number of benzene rings is 8. The van der Waals surface area contributed by atoms with Gasteiger partial charge in [0.2, 0.25) is 0 Å². The van der Waals surface area contributed by atoms with Gasteiger partial charge in [-0.05, 0) is 89.6 Å². The van der Waals surface area contributed by atoms with Crippen LogP contribution < -0.4 is 4.90 Å². The molecule has 0 fully saturated rings. The molecule has 11 aromatic rings. The average molecular weight is 673 g/mol. The molecule has 0 N–H and O–H groups in total. The number of aromatic nitrogens is 1. The molecule has 0 atom stereocenters. The molecular weight excluding hydrogens is 645 g/mol. The van der Waals surface area contributed by atoms with E-state index in [1.165, 1.54) is 84.3 Å². The van der Waals surface area contributed by atoms with Crippen molar-refractivity contribution in [3.05, 3.63) is 170 Å². The van der Waals surface area contributed by atoms with Crippen molar-refractivity contribution in [2.45, 2.75) is 0 Å². The Balaban J connectivity index is 1.25. The lowest BCUT2D eigenvalue weighted by Crippen LogP contribution is -2.11. The summed E-state index contributed by atoms with van der Waals surface area (Å²) in [6.45, 7) is 0. The number of para-hydroxylation sites is 2. The second-order valence-electron chi connectivity index (χ2n) is 12.9. The second kappa shape index (κ2) is 10.8. The highest BCUT2D eigenvalue weighted by Gasteiger charge is 2.23. The van der Waals surface area contributed by atoms with E-state index in [9.17, 15) is 0 Å². The number of nitrogens with zero attached hydrogens (tertiary/aromatic N) is 2. The predicted molar refractivity (Wildman–Crippen MR) is 219 cm³/mol. The number of anilines is 3. The van der Waals surface area contributed by atoms with Crippen LogP contribution in [0.4, 0.5) is 17.1 Å². The van der Waals surface area contributed by atoms with Gasteiger partial charge in [-0.25, -0.2) is 0 Å². The molecular formula is C46H28N2S2. The van der Waals surface area contributed by atoms with Gasteiger partial charge < -0.3 is 9.47 Å². The van der Waals surface area contributed by atoms with Crippen molar-refractivity contribution < 1.29 is 0 Å². The molecule has 8 aromatic carbocycles. The Hall–Kier alpha value is -5.94. The first kappa shape index (κ1) is 28.0. The van der Waals surface area contributed by atoms with Crippen LogP contribution in [0.15, 0.2) is 170 Å². The van der Waals surface area contributed by atoms with E-state index in [1.54, 1.807) is 0 Å². The van der Waals surface area contributed by atoms with Gasteiger partial charge in [0.25, 0.3) is 0 Å². The van der Waals surface area contributed by atoms with E-state index in [0.717, 1.165) is 11.4 Å². The third-order valence-corrected chi connectivity index (χ3v) is 12.4. The SMILES string of the molecule is c1ccc(-n2c3ccccc3c3c(N(c4ccc5cc6c(cc5c4)sc4ccccc46)c4cccc5sc6ccccc6c45)cccc32)cc1. The normalized spacial score (nSPS) is 12.0. The van der Waals surface area contributed by atoms with Crippen molar-refractivity contribution in [1.29, 1.82) is 0 Å². The van der Waals surface area contributed by atoms with Crippen molar-refractivity contribution in [3.8, 4) is 5.69 Å². The van der Waals surface area contributed by atoms with Crippen LogP contribution in [0.3, 0.4) is 0 Å². The molecule has 0 aliphatic rings. The van der Waals surface area contributed by atoms with Crippen molar-refractivity contribution in [3.63, 3.8) is 0 Å². The van der Waals surface area contributed by atoms with E-state index in [1.807, 2.05) is 22.7 Å². The molecule has 3 aromatic heterocycles. The molecule has 234 valence electrons. The quantitative estimate of drug-likeness (QED) is 0.181. The molecule has 2 nitrogen and oxygen atoms in total. The van der Waals surface area contributed by atoms with Gasteiger partial charge in [-0.2, -0.15) is 0 Å². The Bertz CT molecular complexity index is 3110. The van der Waals surface area contributed by atoms with E-state index in [0.29, 0.717) is 0 Å². The Morgan fingerprint density at radius 2 is 1.02 bits per heavy atom. The molecule has 0 saturated heterocycles. The lowest BCUT2D eigenvalue weighted by Gasteiger charge is -2.28. The van der Waals surface area contributed by atoms with Crippen LogP contribution in [0.25, 0.3) is 78.6 Å². The van der Waals surface area contributed by atoms with Crippen LogP contribution in [0.2, 0.25) is 0 Å². The molecule has 0 unspecified atom stereocenters. The number of hydrogen-bond acceptors (Lipinski definition) is 3.